The molecular formula is C12H18N2O3. The predicted molar refractivity (Wildman–Crippen MR) is 64.0 cm³/mol. The number of amides is 1. The first kappa shape index (κ1) is 13.3. The summed E-state index contributed by atoms with van der Waals surface area (Å²) in [5, 5.41) is 11.8. The number of aromatic nitrogens is 1. The van der Waals surface area contributed by atoms with Crippen molar-refractivity contribution in [2.45, 2.75) is 39.8 Å². The Hall–Kier alpha value is -1.78. The predicted octanol–water partition coefficient (Wildman–Crippen LogP) is 1.41. The van der Waals surface area contributed by atoms with E-state index in [2.05, 4.69) is 5.32 Å². The van der Waals surface area contributed by atoms with E-state index in [0.717, 1.165) is 0 Å². The number of aryl methyl sites for hydroxylation is 2. The van der Waals surface area contributed by atoms with E-state index in [1.807, 2.05) is 13.8 Å². The fraction of sp³-hybridized carbons (Fsp3) is 0.500. The van der Waals surface area contributed by atoms with E-state index in [0.29, 0.717) is 12.1 Å². The van der Waals surface area contributed by atoms with E-state index in [-0.39, 0.29) is 24.1 Å². The average Bonchev–Trinajstić information content (AvgIpc) is 2.55. The molecule has 0 aliphatic rings. The molecule has 1 rings (SSSR count). The number of carbonyl (C=O) groups is 2. The van der Waals surface area contributed by atoms with Crippen molar-refractivity contribution in [3.05, 3.63) is 23.5 Å². The van der Waals surface area contributed by atoms with Crippen LogP contribution in [0.1, 0.15) is 36.3 Å². The van der Waals surface area contributed by atoms with Crippen LogP contribution >= 0.6 is 0 Å². The molecule has 0 fully saturated rings. The third-order valence-corrected chi connectivity index (χ3v) is 2.40. The Morgan fingerprint density at radius 2 is 2.12 bits per heavy atom. The molecule has 94 valence electrons. The summed E-state index contributed by atoms with van der Waals surface area (Å²) in [4.78, 5) is 22.4. The van der Waals surface area contributed by atoms with Gasteiger partial charge < -0.3 is 15.0 Å². The molecule has 0 spiro atoms. The van der Waals surface area contributed by atoms with Gasteiger partial charge in [0.25, 0.3) is 0 Å². The first-order valence-corrected chi connectivity index (χ1v) is 5.60. The van der Waals surface area contributed by atoms with Crippen LogP contribution in [0.25, 0.3) is 0 Å². The molecule has 0 radical (unpaired) electrons. The van der Waals surface area contributed by atoms with Gasteiger partial charge in [-0.1, -0.05) is 0 Å². The van der Waals surface area contributed by atoms with Gasteiger partial charge in [0, 0.05) is 25.2 Å². The number of nitrogens with one attached hydrogen (secondary N) is 1. The molecular weight excluding hydrogens is 220 g/mol. The van der Waals surface area contributed by atoms with Gasteiger partial charge in [0.1, 0.15) is 5.69 Å². The highest BCUT2D eigenvalue weighted by Gasteiger charge is 2.13. The molecule has 0 aromatic carbocycles. The minimum Gasteiger partial charge on any atom is -0.477 e. The summed E-state index contributed by atoms with van der Waals surface area (Å²) in [5.74, 6) is -1.03. The minimum atomic E-state index is -0.961. The number of nitrogens with zero attached hydrogens (tertiary/aromatic N) is 1. The number of carbonyl (C=O) groups excluding carboxylic acids is 1. The number of carboxylic acid groups (broad SMARTS) is 1. The van der Waals surface area contributed by atoms with Crippen LogP contribution in [-0.2, 0) is 11.3 Å². The molecule has 1 heterocycles. The largest absolute Gasteiger partial charge is 0.477 e. The number of carboxylic acids is 1. The van der Waals surface area contributed by atoms with Gasteiger partial charge in [-0.15, -0.1) is 0 Å². The monoisotopic (exact) mass is 238 g/mol. The van der Waals surface area contributed by atoms with Crippen LogP contribution in [0.4, 0.5) is 0 Å². The van der Waals surface area contributed by atoms with E-state index in [9.17, 15) is 9.59 Å². The summed E-state index contributed by atoms with van der Waals surface area (Å²) in [6.07, 6.45) is 1.98. The summed E-state index contributed by atoms with van der Waals surface area (Å²) in [5.41, 5.74) is 0.962. The van der Waals surface area contributed by atoms with Crippen molar-refractivity contribution in [3.8, 4) is 0 Å². The van der Waals surface area contributed by atoms with Gasteiger partial charge >= 0.3 is 5.97 Å². The third kappa shape index (κ3) is 3.62. The Morgan fingerprint density at radius 3 is 2.65 bits per heavy atom. The maximum Gasteiger partial charge on any atom is 0.352 e. The fourth-order valence-electron chi connectivity index (χ4n) is 1.68. The molecule has 0 saturated heterocycles. The van der Waals surface area contributed by atoms with Gasteiger partial charge in [0.05, 0.1) is 0 Å². The highest BCUT2D eigenvalue weighted by molar-refractivity contribution is 5.87. The summed E-state index contributed by atoms with van der Waals surface area (Å²) in [7, 11) is 0. The van der Waals surface area contributed by atoms with Crippen LogP contribution < -0.4 is 5.32 Å². The van der Waals surface area contributed by atoms with Gasteiger partial charge in [-0.25, -0.2) is 4.79 Å². The summed E-state index contributed by atoms with van der Waals surface area (Å²) < 4.78 is 1.59. The topological polar surface area (TPSA) is 71.3 Å². The second kappa shape index (κ2) is 5.52. The van der Waals surface area contributed by atoms with Gasteiger partial charge in [-0.05, 0) is 32.4 Å². The second-order valence-corrected chi connectivity index (χ2v) is 4.32. The summed E-state index contributed by atoms with van der Waals surface area (Å²) in [6, 6.07) is 1.84. The Bertz CT molecular complexity index is 421. The van der Waals surface area contributed by atoms with Gasteiger partial charge in [0.2, 0.25) is 5.91 Å². The van der Waals surface area contributed by atoms with Crippen molar-refractivity contribution >= 4 is 11.9 Å². The smallest absolute Gasteiger partial charge is 0.352 e. The molecule has 0 aliphatic heterocycles. The van der Waals surface area contributed by atoms with Crippen LogP contribution in [0.5, 0.6) is 0 Å². The number of hydrogen-bond donors (Lipinski definition) is 2. The van der Waals surface area contributed by atoms with Crippen molar-refractivity contribution in [3.63, 3.8) is 0 Å². The Morgan fingerprint density at radius 1 is 1.47 bits per heavy atom. The van der Waals surface area contributed by atoms with Gasteiger partial charge in [-0.2, -0.15) is 0 Å². The minimum absolute atomic E-state index is 0.0670. The first-order chi connectivity index (χ1) is 7.91. The normalized spacial score (nSPS) is 10.6. The van der Waals surface area contributed by atoms with Crippen LogP contribution in [-0.4, -0.2) is 27.6 Å². The van der Waals surface area contributed by atoms with Crippen LogP contribution in [0, 0.1) is 6.92 Å². The average molecular weight is 238 g/mol. The van der Waals surface area contributed by atoms with E-state index in [1.54, 1.807) is 23.8 Å². The molecule has 5 heteroatoms. The molecule has 1 aromatic heterocycles. The molecule has 5 nitrogen and oxygen atoms in total. The Labute approximate surface area is 100 Å². The molecule has 0 aliphatic carbocycles. The zero-order valence-electron chi connectivity index (χ0n) is 10.4. The second-order valence-electron chi connectivity index (χ2n) is 4.32. The third-order valence-electron chi connectivity index (χ3n) is 2.40. The van der Waals surface area contributed by atoms with Crippen LogP contribution in [0.2, 0.25) is 0 Å². The lowest BCUT2D eigenvalue weighted by Gasteiger charge is -2.10. The standard InChI is InChI=1S/C12H18N2O3/c1-8(2)13-10(15)5-7-14-6-4-9(3)11(14)12(16)17/h4,6,8H,5,7H2,1-3H3,(H,13,15)(H,16,17). The Kier molecular flexibility index (Phi) is 4.31. The zero-order valence-corrected chi connectivity index (χ0v) is 10.4. The summed E-state index contributed by atoms with van der Waals surface area (Å²) >= 11 is 0. The quantitative estimate of drug-likeness (QED) is 0.814. The molecule has 17 heavy (non-hydrogen) atoms. The lowest BCUT2D eigenvalue weighted by Crippen LogP contribution is -2.30. The highest BCUT2D eigenvalue weighted by atomic mass is 16.4. The lowest BCUT2D eigenvalue weighted by molar-refractivity contribution is -0.121. The summed E-state index contributed by atoms with van der Waals surface area (Å²) in [6.45, 7) is 5.91. The van der Waals surface area contributed by atoms with Crippen molar-refractivity contribution in [1.29, 1.82) is 0 Å². The lowest BCUT2D eigenvalue weighted by atomic mass is 10.2. The molecule has 1 amide bonds. The molecule has 0 atom stereocenters. The van der Waals surface area contributed by atoms with Crippen molar-refractivity contribution in [2.24, 2.45) is 0 Å². The molecule has 0 unspecified atom stereocenters. The molecule has 2 N–H and O–H groups in total. The first-order valence-electron chi connectivity index (χ1n) is 5.60. The van der Waals surface area contributed by atoms with Crippen molar-refractivity contribution in [2.75, 3.05) is 0 Å². The van der Waals surface area contributed by atoms with Gasteiger partial charge in [0.15, 0.2) is 0 Å². The van der Waals surface area contributed by atoms with Gasteiger partial charge in [-0.3, -0.25) is 4.79 Å². The maximum absolute atomic E-state index is 11.4. The maximum atomic E-state index is 11.4. The molecule has 0 saturated carbocycles. The fourth-order valence-corrected chi connectivity index (χ4v) is 1.68. The number of hydrogen-bond acceptors (Lipinski definition) is 2. The molecule has 0 bridgehead atoms. The highest BCUT2D eigenvalue weighted by Crippen LogP contribution is 2.10. The number of rotatable bonds is 5. The van der Waals surface area contributed by atoms with E-state index in [4.69, 9.17) is 5.11 Å². The zero-order chi connectivity index (χ0) is 13.0. The van der Waals surface area contributed by atoms with E-state index < -0.39 is 5.97 Å². The number of aromatic carboxylic acids is 1. The van der Waals surface area contributed by atoms with E-state index in [1.165, 1.54) is 0 Å². The van der Waals surface area contributed by atoms with Crippen molar-refractivity contribution < 1.29 is 14.7 Å². The van der Waals surface area contributed by atoms with Crippen molar-refractivity contribution in [1.82, 2.24) is 9.88 Å². The molecule has 1 aromatic rings. The van der Waals surface area contributed by atoms with Crippen LogP contribution in [0.3, 0.4) is 0 Å². The van der Waals surface area contributed by atoms with E-state index >= 15 is 0 Å². The Balaban J connectivity index is 2.64. The van der Waals surface area contributed by atoms with Crippen LogP contribution in [0.15, 0.2) is 12.3 Å². The SMILES string of the molecule is Cc1ccn(CCC(=O)NC(C)C)c1C(=O)O.